The van der Waals surface area contributed by atoms with E-state index in [2.05, 4.69) is 10.5 Å². The van der Waals surface area contributed by atoms with Crippen molar-refractivity contribution in [3.63, 3.8) is 0 Å². The largest absolute Gasteiger partial charge is 0.489 e. The second-order valence-corrected chi connectivity index (χ2v) is 8.66. The number of benzene rings is 4. The van der Waals surface area contributed by atoms with E-state index in [1.165, 1.54) is 0 Å². The zero-order chi connectivity index (χ0) is 24.9. The Labute approximate surface area is 212 Å². The van der Waals surface area contributed by atoms with Gasteiger partial charge >= 0.3 is 0 Å². The number of pyridine rings is 1. The molecule has 0 atom stereocenters. The van der Waals surface area contributed by atoms with Gasteiger partial charge in [-0.25, -0.2) is 5.43 Å². The Hall–Kier alpha value is -4.42. The van der Waals surface area contributed by atoms with Gasteiger partial charge in [-0.2, -0.15) is 5.10 Å². The molecule has 1 N–H and O–H groups in total. The fraction of sp³-hybridized carbons (Fsp3) is 0.0690. The van der Waals surface area contributed by atoms with Gasteiger partial charge in [0.2, 0.25) is 0 Å². The van der Waals surface area contributed by atoms with Gasteiger partial charge in [-0.3, -0.25) is 9.59 Å². The van der Waals surface area contributed by atoms with Gasteiger partial charge in [-0.1, -0.05) is 48.0 Å². The number of carbonyl (C=O) groups excluding carboxylic acids is 1. The van der Waals surface area contributed by atoms with Crippen LogP contribution in [0, 0.1) is 0 Å². The third-order valence-corrected chi connectivity index (χ3v) is 6.03. The number of para-hydroxylation sites is 2. The summed E-state index contributed by atoms with van der Waals surface area (Å²) in [4.78, 5) is 25.6. The zero-order valence-electron chi connectivity index (χ0n) is 19.2. The number of fused-ring (bicyclic) bond motifs is 2. The number of rotatable bonds is 7. The minimum absolute atomic E-state index is 0.0239. The van der Waals surface area contributed by atoms with Crippen LogP contribution in [0.2, 0.25) is 5.02 Å². The number of ether oxygens (including phenoxy) is 1. The molecule has 0 saturated heterocycles. The summed E-state index contributed by atoms with van der Waals surface area (Å²) >= 11 is 5.91. The molecule has 6 nitrogen and oxygen atoms in total. The predicted octanol–water partition coefficient (Wildman–Crippen LogP) is 5.54. The lowest BCUT2D eigenvalue weighted by Crippen LogP contribution is -2.25. The van der Waals surface area contributed by atoms with E-state index in [0.29, 0.717) is 33.4 Å². The molecule has 0 aliphatic heterocycles. The van der Waals surface area contributed by atoms with Crippen LogP contribution in [0.25, 0.3) is 21.8 Å². The molecule has 1 heterocycles. The molecule has 0 fully saturated rings. The summed E-state index contributed by atoms with van der Waals surface area (Å²) in [5, 5.41) is 5.93. The SMILES string of the molecule is O=C(Cn1c2ccccc2c(=O)c2ccccc21)N/N=C\c1ccc(OCc2ccc(Cl)cc2)cc1. The zero-order valence-corrected chi connectivity index (χ0v) is 20.0. The molecule has 4 aromatic carbocycles. The van der Waals surface area contributed by atoms with Crippen LogP contribution in [-0.4, -0.2) is 16.7 Å². The first kappa shape index (κ1) is 23.3. The molecular weight excluding hydrogens is 474 g/mol. The molecule has 1 amide bonds. The molecule has 0 spiro atoms. The summed E-state index contributed by atoms with van der Waals surface area (Å²) in [5.41, 5.74) is 5.78. The Morgan fingerprint density at radius 2 is 1.47 bits per heavy atom. The summed E-state index contributed by atoms with van der Waals surface area (Å²) in [7, 11) is 0. The van der Waals surface area contributed by atoms with Crippen molar-refractivity contribution in [2.24, 2.45) is 5.10 Å². The highest BCUT2D eigenvalue weighted by molar-refractivity contribution is 6.30. The molecule has 7 heteroatoms. The average molecular weight is 496 g/mol. The van der Waals surface area contributed by atoms with Crippen molar-refractivity contribution in [2.75, 3.05) is 0 Å². The summed E-state index contributed by atoms with van der Waals surface area (Å²) in [6.07, 6.45) is 1.57. The van der Waals surface area contributed by atoms with Gasteiger partial charge < -0.3 is 9.30 Å². The predicted molar refractivity (Wildman–Crippen MR) is 144 cm³/mol. The Balaban J connectivity index is 1.24. The van der Waals surface area contributed by atoms with Crippen LogP contribution in [0.3, 0.4) is 0 Å². The minimum atomic E-state index is -0.298. The lowest BCUT2D eigenvalue weighted by molar-refractivity contribution is -0.121. The first-order chi connectivity index (χ1) is 17.6. The summed E-state index contributed by atoms with van der Waals surface area (Å²) in [6.45, 7) is 0.463. The molecule has 5 rings (SSSR count). The van der Waals surface area contributed by atoms with Gasteiger partial charge in [0.25, 0.3) is 5.91 Å². The number of nitrogens with one attached hydrogen (secondary N) is 1. The normalized spacial score (nSPS) is 11.2. The quantitative estimate of drug-likeness (QED) is 0.183. The third-order valence-electron chi connectivity index (χ3n) is 5.78. The van der Waals surface area contributed by atoms with Crippen LogP contribution in [0.15, 0.2) is 107 Å². The monoisotopic (exact) mass is 495 g/mol. The van der Waals surface area contributed by atoms with Crippen molar-refractivity contribution >= 4 is 45.5 Å². The first-order valence-corrected chi connectivity index (χ1v) is 11.8. The highest BCUT2D eigenvalue weighted by Gasteiger charge is 2.12. The lowest BCUT2D eigenvalue weighted by Gasteiger charge is -2.14. The minimum Gasteiger partial charge on any atom is -0.489 e. The number of hydrazone groups is 1. The van der Waals surface area contributed by atoms with Crippen molar-refractivity contribution in [1.29, 1.82) is 0 Å². The van der Waals surface area contributed by atoms with Crippen LogP contribution < -0.4 is 15.6 Å². The van der Waals surface area contributed by atoms with E-state index in [9.17, 15) is 9.59 Å². The smallest absolute Gasteiger partial charge is 0.260 e. The number of halogens is 1. The van der Waals surface area contributed by atoms with Crippen molar-refractivity contribution < 1.29 is 9.53 Å². The fourth-order valence-electron chi connectivity index (χ4n) is 4.00. The van der Waals surface area contributed by atoms with Crippen LogP contribution in [0.5, 0.6) is 5.75 Å². The van der Waals surface area contributed by atoms with Gasteiger partial charge in [-0.05, 0) is 71.8 Å². The van der Waals surface area contributed by atoms with Gasteiger partial charge in [0.15, 0.2) is 5.43 Å². The van der Waals surface area contributed by atoms with Gasteiger partial charge in [-0.15, -0.1) is 0 Å². The Morgan fingerprint density at radius 3 is 2.11 bits per heavy atom. The Kier molecular flexibility index (Phi) is 6.78. The first-order valence-electron chi connectivity index (χ1n) is 11.4. The fourth-order valence-corrected chi connectivity index (χ4v) is 4.13. The molecule has 1 aromatic heterocycles. The van der Waals surface area contributed by atoms with Crippen LogP contribution in [0.1, 0.15) is 11.1 Å². The molecular formula is C29H22ClN3O3. The van der Waals surface area contributed by atoms with Crippen molar-refractivity contribution in [3.8, 4) is 5.75 Å². The van der Waals surface area contributed by atoms with Crippen molar-refractivity contribution in [3.05, 3.63) is 123 Å². The highest BCUT2D eigenvalue weighted by Crippen LogP contribution is 2.19. The molecule has 0 aliphatic rings. The second kappa shape index (κ2) is 10.5. The lowest BCUT2D eigenvalue weighted by atomic mass is 10.1. The molecule has 0 radical (unpaired) electrons. The van der Waals surface area contributed by atoms with Crippen molar-refractivity contribution in [1.82, 2.24) is 9.99 Å². The maximum absolute atomic E-state index is 12.9. The summed E-state index contributed by atoms with van der Waals surface area (Å²) < 4.78 is 7.63. The van der Waals surface area contributed by atoms with E-state index in [0.717, 1.165) is 16.9 Å². The van der Waals surface area contributed by atoms with E-state index < -0.39 is 0 Å². The molecule has 0 bridgehead atoms. The highest BCUT2D eigenvalue weighted by atomic mass is 35.5. The average Bonchev–Trinajstić information content (AvgIpc) is 2.91. The second-order valence-electron chi connectivity index (χ2n) is 8.23. The standard InChI is InChI=1S/C29H22ClN3O3/c30-22-13-9-21(10-14-22)19-36-23-15-11-20(12-16-23)17-31-32-28(34)18-33-26-7-3-1-5-24(26)29(35)25-6-2-4-8-27(25)33/h1-17H,18-19H2,(H,32,34)/b31-17-. The van der Waals surface area contributed by atoms with E-state index in [1.807, 2.05) is 89.5 Å². The number of carbonyl (C=O) groups is 1. The number of hydrogen-bond acceptors (Lipinski definition) is 4. The van der Waals surface area contributed by atoms with Crippen LogP contribution in [0.4, 0.5) is 0 Å². The third kappa shape index (κ3) is 5.14. The number of amides is 1. The van der Waals surface area contributed by atoms with Crippen LogP contribution >= 0.6 is 11.6 Å². The van der Waals surface area contributed by atoms with Gasteiger partial charge in [0, 0.05) is 15.8 Å². The summed E-state index contributed by atoms with van der Waals surface area (Å²) in [5.74, 6) is 0.427. The van der Waals surface area contributed by atoms with Gasteiger partial charge in [0.05, 0.1) is 17.2 Å². The molecule has 36 heavy (non-hydrogen) atoms. The van der Waals surface area contributed by atoms with E-state index in [-0.39, 0.29) is 17.9 Å². The molecule has 178 valence electrons. The van der Waals surface area contributed by atoms with E-state index >= 15 is 0 Å². The van der Waals surface area contributed by atoms with Crippen LogP contribution in [-0.2, 0) is 17.9 Å². The number of hydrogen-bond donors (Lipinski definition) is 1. The molecule has 0 saturated carbocycles. The molecule has 0 aliphatic carbocycles. The summed E-state index contributed by atoms with van der Waals surface area (Å²) in [6, 6.07) is 29.5. The van der Waals surface area contributed by atoms with E-state index in [4.69, 9.17) is 16.3 Å². The maximum atomic E-state index is 12.9. The topological polar surface area (TPSA) is 72.7 Å². The van der Waals surface area contributed by atoms with Crippen molar-refractivity contribution in [2.45, 2.75) is 13.2 Å². The Morgan fingerprint density at radius 1 is 0.861 bits per heavy atom. The maximum Gasteiger partial charge on any atom is 0.260 e. The molecule has 5 aromatic rings. The molecule has 0 unspecified atom stereocenters. The number of nitrogens with zero attached hydrogens (tertiary/aromatic N) is 2. The van der Waals surface area contributed by atoms with Gasteiger partial charge in [0.1, 0.15) is 18.9 Å². The van der Waals surface area contributed by atoms with E-state index in [1.54, 1.807) is 18.3 Å². The Bertz CT molecular complexity index is 1560. The number of aromatic nitrogens is 1.